The van der Waals surface area contributed by atoms with Crippen molar-refractivity contribution < 1.29 is 39.6 Å². The second-order valence-electron chi connectivity index (χ2n) is 1.58. The van der Waals surface area contributed by atoms with Crippen LogP contribution in [0, 0.1) is 0 Å². The van der Waals surface area contributed by atoms with Crippen LogP contribution in [0.4, 0.5) is 0 Å². The van der Waals surface area contributed by atoms with Gasteiger partial charge >= 0.3 is 101 Å². The van der Waals surface area contributed by atoms with Crippen molar-refractivity contribution in [3.8, 4) is 0 Å². The molecule has 0 saturated heterocycles. The summed E-state index contributed by atoms with van der Waals surface area (Å²) in [4.78, 5) is 35.7. The van der Waals surface area contributed by atoms with E-state index in [1.807, 2.05) is 0 Å². The predicted octanol–water partition coefficient (Wildman–Crippen LogP) is -4.25. The van der Waals surface area contributed by atoms with Gasteiger partial charge in [-0.1, -0.05) is 0 Å². The minimum atomic E-state index is -2.19. The van der Waals surface area contributed by atoms with Gasteiger partial charge < -0.3 is 39.6 Å². The van der Waals surface area contributed by atoms with Crippen molar-refractivity contribution in [1.29, 1.82) is 0 Å². The van der Waals surface area contributed by atoms with E-state index in [4.69, 9.17) is 39.6 Å². The third-order valence-corrected chi connectivity index (χ3v) is 0.333. The first-order valence-electron chi connectivity index (χ1n) is 2.89. The molecule has 0 aromatic carbocycles. The van der Waals surface area contributed by atoms with Gasteiger partial charge in [-0.2, -0.15) is 0 Å². The van der Waals surface area contributed by atoms with Crippen LogP contribution < -0.4 is 20.4 Å². The summed E-state index contributed by atoms with van der Waals surface area (Å²) >= 11 is 10.2. The van der Waals surface area contributed by atoms with Crippen LogP contribution in [0.1, 0.15) is 0 Å². The molecule has 0 fully saturated rings. The summed E-state index contributed by atoms with van der Waals surface area (Å²) in [6.07, 6.45) is 0. The van der Waals surface area contributed by atoms with Crippen LogP contribution in [-0.4, -0.2) is 50.3 Å². The van der Waals surface area contributed by atoms with E-state index in [1.165, 1.54) is 0 Å². The molecule has 0 unspecified atom stereocenters. The zero-order valence-electron chi connectivity index (χ0n) is 7.78. The van der Waals surface area contributed by atoms with E-state index in [0.717, 1.165) is 0 Å². The Hall–Kier alpha value is 2.40. The maximum absolute atomic E-state index is 8.93. The molecule has 0 amide bonds. The Balaban J connectivity index is -0.0000000799. The smallest absolute Gasteiger partial charge is 4.00 e. The molecule has 0 radical (unpaired) electrons. The average Bonchev–Trinajstić information content (AvgIpc) is 2.01. The summed E-state index contributed by atoms with van der Waals surface area (Å²) in [6, 6.07) is 0. The van der Waals surface area contributed by atoms with Gasteiger partial charge in [-0.05, 0) is 0 Å². The molecule has 0 saturated carbocycles. The van der Waals surface area contributed by atoms with Gasteiger partial charge in [0.25, 0.3) is 0 Å². The molecule has 0 rings (SSSR count). The molecule has 14 heteroatoms. The number of halogens is 4. The van der Waals surface area contributed by atoms with Crippen molar-refractivity contribution in [1.82, 2.24) is 0 Å². The summed E-state index contributed by atoms with van der Waals surface area (Å²) in [5.41, 5.74) is 0. The fourth-order valence-electron chi connectivity index (χ4n) is 0. The molecule has 0 aliphatic carbocycles. The number of carboxylic acid groups (broad SMARTS) is 4. The second-order valence-corrected chi connectivity index (χ2v) is 131. The zero-order valence-corrected chi connectivity index (χ0v) is 22.1. The van der Waals surface area contributed by atoms with Crippen LogP contribution in [0.3, 0.4) is 0 Å². The number of rotatable bonds is 0. The van der Waals surface area contributed by atoms with E-state index in [0.29, 0.717) is 0 Å². The van der Waals surface area contributed by atoms with Crippen LogP contribution in [0.15, 0.2) is 0 Å². The minimum absolute atomic E-state index is 0. The molecule has 0 atom stereocenters. The van der Waals surface area contributed by atoms with E-state index in [1.54, 1.807) is 0 Å². The maximum atomic E-state index is 8.93. The summed E-state index contributed by atoms with van der Waals surface area (Å²) < 4.78 is -1.30. The SMILES string of the molecule is O=C([O-])C(=O)[O-].O=C([O-])C(=O)[O-].[I][Sn]([I])([I])[I].[Sn+4]. The van der Waals surface area contributed by atoms with E-state index < -0.39 is 26.4 Å². The normalized spacial score (nSPS) is 8.22. The van der Waals surface area contributed by atoms with Gasteiger partial charge in [-0.3, -0.25) is 0 Å². The van der Waals surface area contributed by atoms with Crippen LogP contribution >= 0.6 is 74.5 Å². The Morgan fingerprint density at radius 2 is 0.667 bits per heavy atom. The predicted molar refractivity (Wildman–Crippen MR) is 87.6 cm³/mol. The molecule has 0 spiro atoms. The van der Waals surface area contributed by atoms with Crippen molar-refractivity contribution in [3.05, 3.63) is 0 Å². The average molecular weight is 921 g/mol. The van der Waals surface area contributed by atoms with Crippen LogP contribution in [0.5, 0.6) is 0 Å². The van der Waals surface area contributed by atoms with Gasteiger partial charge in [0.1, 0.15) is 0 Å². The van der Waals surface area contributed by atoms with Gasteiger partial charge in [-0.15, -0.1) is 0 Å². The summed E-state index contributed by atoms with van der Waals surface area (Å²) in [5.74, 6) is -8.74. The Kier molecular flexibility index (Phi) is 25.0. The molecule has 18 heavy (non-hydrogen) atoms. The third kappa shape index (κ3) is 51.5. The third-order valence-electron chi connectivity index (χ3n) is 0.333. The molecule has 0 heterocycles. The first kappa shape index (κ1) is 28.5. The maximum Gasteiger partial charge on any atom is 4.00 e. The first-order chi connectivity index (χ1) is 7.29. The fraction of sp³-hybridized carbons (Fsp3) is 0. The number of carbonyl (C=O) groups excluding carboxylic acids is 4. The Labute approximate surface area is 161 Å². The van der Waals surface area contributed by atoms with E-state index >= 15 is 0 Å². The Morgan fingerprint density at radius 3 is 0.667 bits per heavy atom. The number of hydrogen-bond donors (Lipinski definition) is 0. The van der Waals surface area contributed by atoms with E-state index in [-0.39, 0.29) is 23.9 Å². The van der Waals surface area contributed by atoms with E-state index in [2.05, 4.69) is 74.5 Å². The van der Waals surface area contributed by atoms with Crippen LogP contribution in [-0.2, 0) is 19.2 Å². The number of carboxylic acids is 4. The van der Waals surface area contributed by atoms with E-state index in [9.17, 15) is 0 Å². The molecule has 100 valence electrons. The van der Waals surface area contributed by atoms with Crippen LogP contribution in [0.2, 0.25) is 0 Å². The Morgan fingerprint density at radius 1 is 0.611 bits per heavy atom. The molecule has 0 aromatic heterocycles. The molecular weight excluding hydrogens is 921 g/mol. The second kappa shape index (κ2) is 15.8. The fourth-order valence-corrected chi connectivity index (χ4v) is 0. The zero-order chi connectivity index (χ0) is 14.8. The van der Waals surface area contributed by atoms with Gasteiger partial charge in [0, 0.05) is 0 Å². The first-order valence-corrected chi connectivity index (χ1v) is 36.1. The molecule has 0 aliphatic rings. The van der Waals surface area contributed by atoms with Gasteiger partial charge in [0.05, 0.1) is 23.9 Å². The monoisotopic (exact) mass is 923 g/mol. The quantitative estimate of drug-likeness (QED) is 0.134. The molecule has 0 bridgehead atoms. The van der Waals surface area contributed by atoms with Crippen molar-refractivity contribution in [2.24, 2.45) is 0 Å². The molecule has 8 nitrogen and oxygen atoms in total. The number of carbonyl (C=O) groups is 4. The summed E-state index contributed by atoms with van der Waals surface area (Å²) in [7, 11) is 0. The Bertz CT molecular complexity index is 248. The van der Waals surface area contributed by atoms with Crippen LogP contribution in [0.25, 0.3) is 0 Å². The molecular formula is C4I4O8Sn2. The van der Waals surface area contributed by atoms with Crippen molar-refractivity contribution in [2.75, 3.05) is 0 Å². The number of aliphatic carboxylic acids is 4. The summed E-state index contributed by atoms with van der Waals surface area (Å²) in [5, 5.41) is 35.7. The van der Waals surface area contributed by atoms with Crippen molar-refractivity contribution in [2.45, 2.75) is 0 Å². The van der Waals surface area contributed by atoms with Gasteiger partial charge in [0.15, 0.2) is 0 Å². The summed E-state index contributed by atoms with van der Waals surface area (Å²) in [6.45, 7) is 0. The molecule has 0 N–H and O–H groups in total. The minimum Gasteiger partial charge on any atom is 4.00 e. The van der Waals surface area contributed by atoms with Gasteiger partial charge in [0.2, 0.25) is 0 Å². The van der Waals surface area contributed by atoms with Crippen molar-refractivity contribution in [3.63, 3.8) is 0 Å². The standard InChI is InChI=1S/2C2H2O4.4HI.2Sn/c2*3-1(4)2(5)6;;;;;;/h2*(H,3,4)(H,5,6);4*1H;;/q;;;;;;2*+4/p-8. The topological polar surface area (TPSA) is 161 Å². The molecule has 0 aromatic rings. The van der Waals surface area contributed by atoms with Crippen molar-refractivity contribution >= 4 is 125 Å². The largest absolute Gasteiger partial charge is 4.00 e. The molecule has 0 aliphatic heterocycles. The number of hydrogen-bond acceptors (Lipinski definition) is 8. The van der Waals surface area contributed by atoms with Gasteiger partial charge in [-0.25, -0.2) is 0 Å².